The fraction of sp³-hybridized carbons (Fsp3) is 0.458. The van der Waals surface area contributed by atoms with Gasteiger partial charge in [-0.3, -0.25) is 0 Å². The molecule has 6 heteroatoms. The Morgan fingerprint density at radius 3 is 2.00 bits per heavy atom. The lowest BCUT2D eigenvalue weighted by Gasteiger charge is -2.47. The first-order valence-corrected chi connectivity index (χ1v) is 12.9. The number of hydrogen-bond donors (Lipinski definition) is 1. The van der Waals surface area contributed by atoms with Gasteiger partial charge < -0.3 is 19.2 Å². The topological polar surface area (TPSA) is 39.7 Å². The maximum atomic E-state index is 7.28. The van der Waals surface area contributed by atoms with E-state index in [4.69, 9.17) is 26.1 Å². The van der Waals surface area contributed by atoms with Crippen LogP contribution in [0.4, 0.5) is 0 Å². The summed E-state index contributed by atoms with van der Waals surface area (Å²) >= 11 is 5.54. The number of ether oxygens (including phenoxy) is 2. The summed E-state index contributed by atoms with van der Waals surface area (Å²) in [6.45, 7) is 11.3. The Morgan fingerprint density at radius 1 is 0.967 bits per heavy atom. The largest absolute Gasteiger partial charge is 0.400 e. The van der Waals surface area contributed by atoms with Crippen molar-refractivity contribution in [2.24, 2.45) is 0 Å². The summed E-state index contributed by atoms with van der Waals surface area (Å²) in [5, 5.41) is 5.76. The van der Waals surface area contributed by atoms with Crippen molar-refractivity contribution in [2.45, 2.75) is 63.8 Å². The summed E-state index contributed by atoms with van der Waals surface area (Å²) in [5.41, 5.74) is 0. The standard InChI is InChI=1S/C24H31NO3SSi/c1-23(2,3)30(17-12-8-6-9-13-17,18-14-10-7-11-15-18)28-19-16-25-22(29)21-20(19)26-24(4,5)27-21/h6-15,19-21H,16H2,1-5H3,(H,25,29)/t19-,20-,21-/m1/s1. The van der Waals surface area contributed by atoms with Gasteiger partial charge in [0.15, 0.2) is 5.79 Å². The fourth-order valence-electron chi connectivity index (χ4n) is 4.71. The van der Waals surface area contributed by atoms with Crippen LogP contribution in [0.1, 0.15) is 34.6 Å². The SMILES string of the molecule is CC1(C)O[C@@H]2[C@H](O[Si](c3ccccc3)(c3ccccc3)C(C)(C)C)CNC(=S)[C@@H]2O1. The lowest BCUT2D eigenvalue weighted by molar-refractivity contribution is -0.149. The van der Waals surface area contributed by atoms with E-state index in [2.05, 4.69) is 86.8 Å². The summed E-state index contributed by atoms with van der Waals surface area (Å²) in [5.74, 6) is -0.682. The average Bonchev–Trinajstić information content (AvgIpc) is 3.04. The molecule has 1 N–H and O–H groups in total. The van der Waals surface area contributed by atoms with Crippen molar-refractivity contribution in [3.8, 4) is 0 Å². The van der Waals surface area contributed by atoms with Gasteiger partial charge in [-0.2, -0.15) is 0 Å². The number of piperidine rings is 1. The minimum Gasteiger partial charge on any atom is -0.400 e. The normalized spacial score (nSPS) is 26.2. The van der Waals surface area contributed by atoms with Crippen molar-refractivity contribution in [2.75, 3.05) is 6.54 Å². The molecule has 2 heterocycles. The van der Waals surface area contributed by atoms with E-state index in [9.17, 15) is 0 Å². The van der Waals surface area contributed by atoms with Crippen LogP contribution < -0.4 is 15.7 Å². The highest BCUT2D eigenvalue weighted by Crippen LogP contribution is 2.40. The van der Waals surface area contributed by atoms with Crippen LogP contribution in [0, 0.1) is 0 Å². The Morgan fingerprint density at radius 2 is 1.50 bits per heavy atom. The summed E-state index contributed by atoms with van der Waals surface area (Å²) < 4.78 is 19.7. The number of rotatable bonds is 4. The molecule has 4 nitrogen and oxygen atoms in total. The molecule has 2 aliphatic rings. The lowest BCUT2D eigenvalue weighted by atomic mass is 10.0. The van der Waals surface area contributed by atoms with E-state index >= 15 is 0 Å². The highest BCUT2D eigenvalue weighted by molar-refractivity contribution is 7.80. The molecular formula is C24H31NO3SSi. The van der Waals surface area contributed by atoms with Crippen molar-refractivity contribution < 1.29 is 13.9 Å². The van der Waals surface area contributed by atoms with Crippen molar-refractivity contribution >= 4 is 35.9 Å². The van der Waals surface area contributed by atoms with Crippen LogP contribution in [0.25, 0.3) is 0 Å². The zero-order valence-corrected chi connectivity index (χ0v) is 20.2. The molecule has 4 rings (SSSR count). The molecule has 0 aliphatic carbocycles. The van der Waals surface area contributed by atoms with Crippen molar-refractivity contribution in [1.82, 2.24) is 5.32 Å². The Hall–Kier alpha value is -1.57. The van der Waals surface area contributed by atoms with Gasteiger partial charge in [-0.25, -0.2) is 0 Å². The van der Waals surface area contributed by atoms with Gasteiger partial charge in [-0.15, -0.1) is 0 Å². The third-order valence-electron chi connectivity index (χ3n) is 5.98. The second kappa shape index (κ2) is 7.84. The van der Waals surface area contributed by atoms with E-state index in [1.807, 2.05) is 13.8 Å². The van der Waals surface area contributed by atoms with Crippen LogP contribution in [0.2, 0.25) is 5.04 Å². The van der Waals surface area contributed by atoms with Crippen LogP contribution >= 0.6 is 12.2 Å². The molecule has 0 radical (unpaired) electrons. The van der Waals surface area contributed by atoms with Crippen molar-refractivity contribution in [3.63, 3.8) is 0 Å². The quantitative estimate of drug-likeness (QED) is 0.582. The average molecular weight is 442 g/mol. The zero-order chi connectivity index (χ0) is 21.6. The van der Waals surface area contributed by atoms with Gasteiger partial charge in [0.25, 0.3) is 8.32 Å². The van der Waals surface area contributed by atoms with Gasteiger partial charge >= 0.3 is 0 Å². The van der Waals surface area contributed by atoms with E-state index in [-0.39, 0.29) is 23.4 Å². The third-order valence-corrected chi connectivity index (χ3v) is 11.4. The lowest BCUT2D eigenvalue weighted by Crippen LogP contribution is -2.70. The molecule has 160 valence electrons. The maximum absolute atomic E-state index is 7.28. The molecule has 0 amide bonds. The van der Waals surface area contributed by atoms with Gasteiger partial charge in [0, 0.05) is 6.54 Å². The molecule has 2 aromatic rings. The molecule has 0 saturated carbocycles. The molecule has 0 aromatic heterocycles. The third kappa shape index (κ3) is 3.76. The predicted molar refractivity (Wildman–Crippen MR) is 127 cm³/mol. The highest BCUT2D eigenvalue weighted by atomic mass is 32.1. The first kappa shape index (κ1) is 21.7. The van der Waals surface area contributed by atoms with Crippen LogP contribution in [-0.4, -0.2) is 43.9 Å². The Balaban J connectivity index is 1.82. The molecule has 0 unspecified atom stereocenters. The summed E-state index contributed by atoms with van der Waals surface area (Å²) in [6, 6.07) is 21.4. The Kier molecular flexibility index (Phi) is 5.66. The van der Waals surface area contributed by atoms with Crippen molar-refractivity contribution in [1.29, 1.82) is 0 Å². The first-order valence-electron chi connectivity index (χ1n) is 10.6. The van der Waals surface area contributed by atoms with Gasteiger partial charge in [-0.05, 0) is 29.3 Å². The number of benzene rings is 2. The number of fused-ring (bicyclic) bond motifs is 1. The van der Waals surface area contributed by atoms with Crippen LogP contribution in [0.5, 0.6) is 0 Å². The summed E-state index contributed by atoms with van der Waals surface area (Å²) in [7, 11) is -2.68. The van der Waals surface area contributed by atoms with E-state index in [0.29, 0.717) is 11.5 Å². The number of nitrogens with one attached hydrogen (secondary N) is 1. The van der Waals surface area contributed by atoms with Gasteiger partial charge in [-0.1, -0.05) is 93.7 Å². The molecule has 30 heavy (non-hydrogen) atoms. The summed E-state index contributed by atoms with van der Waals surface area (Å²) in [6.07, 6.45) is -0.683. The maximum Gasteiger partial charge on any atom is 0.261 e. The van der Waals surface area contributed by atoms with Gasteiger partial charge in [0.1, 0.15) is 17.2 Å². The number of hydrogen-bond acceptors (Lipinski definition) is 4. The van der Waals surface area contributed by atoms with Gasteiger partial charge in [0.05, 0.1) is 6.10 Å². The first-order chi connectivity index (χ1) is 14.1. The van der Waals surface area contributed by atoms with Crippen molar-refractivity contribution in [3.05, 3.63) is 60.7 Å². The zero-order valence-electron chi connectivity index (χ0n) is 18.3. The molecule has 0 bridgehead atoms. The minimum absolute atomic E-state index is 0.0991. The fourth-order valence-corrected chi connectivity index (χ4v) is 9.66. The van der Waals surface area contributed by atoms with E-state index in [1.54, 1.807) is 0 Å². The summed E-state index contributed by atoms with van der Waals surface area (Å²) in [4.78, 5) is 0.702. The number of thiocarbonyl (C=S) groups is 1. The smallest absolute Gasteiger partial charge is 0.261 e. The molecule has 2 aliphatic heterocycles. The Bertz CT molecular complexity index is 858. The minimum atomic E-state index is -2.68. The molecule has 3 atom stereocenters. The van der Waals surface area contributed by atoms with Crippen LogP contribution in [-0.2, 0) is 13.9 Å². The molecule has 2 saturated heterocycles. The monoisotopic (exact) mass is 441 g/mol. The Labute approximate surface area is 186 Å². The molecule has 2 fully saturated rings. The molecular weight excluding hydrogens is 410 g/mol. The van der Waals surface area contributed by atoms with E-state index in [0.717, 1.165) is 0 Å². The second-order valence-corrected chi connectivity index (χ2v) is 14.3. The van der Waals surface area contributed by atoms with Gasteiger partial charge in [0.2, 0.25) is 0 Å². The van der Waals surface area contributed by atoms with Crippen LogP contribution in [0.3, 0.4) is 0 Å². The van der Waals surface area contributed by atoms with E-state index < -0.39 is 14.1 Å². The predicted octanol–water partition coefficient (Wildman–Crippen LogP) is 3.38. The second-order valence-electron chi connectivity index (χ2n) is 9.59. The van der Waals surface area contributed by atoms with E-state index in [1.165, 1.54) is 10.4 Å². The highest BCUT2D eigenvalue weighted by Gasteiger charge is 2.56. The molecule has 0 spiro atoms. The molecule has 2 aromatic carbocycles. The van der Waals surface area contributed by atoms with Crippen LogP contribution in [0.15, 0.2) is 60.7 Å².